The molecule has 0 atom stereocenters. The summed E-state index contributed by atoms with van der Waals surface area (Å²) >= 11 is 0. The quantitative estimate of drug-likeness (QED) is 0.425. The molecule has 12 nitrogen and oxygen atoms in total. The molecule has 0 saturated carbocycles. The number of imidazole rings is 1. The molecule has 2 aliphatic heterocycles. The number of likely N-dealkylation sites (tertiary alicyclic amines) is 1. The molecule has 1 saturated heterocycles. The van der Waals surface area contributed by atoms with Crippen LogP contribution in [0.25, 0.3) is 11.2 Å². The van der Waals surface area contributed by atoms with E-state index in [4.69, 9.17) is 9.47 Å². The Morgan fingerprint density at radius 2 is 1.97 bits per heavy atom. The molecule has 12 heteroatoms. The number of hydrogen-bond donors (Lipinski definition) is 2. The summed E-state index contributed by atoms with van der Waals surface area (Å²) in [4.78, 5) is 35.9. The minimum Gasteiger partial charge on any atom is -0.454 e. The molecule has 172 valence electrons. The Balaban J connectivity index is 1.34. The third-order valence-corrected chi connectivity index (χ3v) is 5.70. The molecule has 0 unspecified atom stereocenters. The molecule has 1 fully saturated rings. The second-order valence-electron chi connectivity index (χ2n) is 7.90. The molecular weight excluding hydrogens is 438 g/mol. The maximum absolute atomic E-state index is 12.0. The van der Waals surface area contributed by atoms with Gasteiger partial charge >= 0.3 is 0 Å². The van der Waals surface area contributed by atoms with Crippen molar-refractivity contribution in [1.29, 1.82) is 0 Å². The SMILES string of the molecule is O=C1CCCN1CCn1cnc2c(Nc3ccc4c(c3)OCO4)nc(Nc3ccncn3)nc21. The summed E-state index contributed by atoms with van der Waals surface area (Å²) in [7, 11) is 0. The van der Waals surface area contributed by atoms with Gasteiger partial charge in [0, 0.05) is 44.0 Å². The van der Waals surface area contributed by atoms with E-state index in [1.165, 1.54) is 6.33 Å². The van der Waals surface area contributed by atoms with Crippen molar-refractivity contribution in [2.45, 2.75) is 19.4 Å². The first-order valence-electron chi connectivity index (χ1n) is 10.9. The van der Waals surface area contributed by atoms with Gasteiger partial charge < -0.3 is 29.6 Å². The van der Waals surface area contributed by atoms with E-state index in [2.05, 4.69) is 35.6 Å². The smallest absolute Gasteiger partial charge is 0.232 e. The van der Waals surface area contributed by atoms with E-state index < -0.39 is 0 Å². The molecule has 0 radical (unpaired) electrons. The first-order valence-corrected chi connectivity index (χ1v) is 10.9. The standard InChI is InChI=1S/C22H21N9O3/c32-18-2-1-7-30(18)8-9-31-12-25-19-20(26-14-3-4-15-16(10-14)34-13-33-15)28-22(29-21(19)31)27-17-5-6-23-11-24-17/h3-6,10-12H,1-2,7-9,13H2,(H2,23,24,26,27,28,29). The van der Waals surface area contributed by atoms with E-state index in [1.807, 2.05) is 27.7 Å². The predicted molar refractivity (Wildman–Crippen MR) is 122 cm³/mol. The lowest BCUT2D eigenvalue weighted by molar-refractivity contribution is -0.127. The molecule has 1 aromatic carbocycles. The van der Waals surface area contributed by atoms with Gasteiger partial charge in [0.2, 0.25) is 18.6 Å². The lowest BCUT2D eigenvalue weighted by Gasteiger charge is -2.16. The van der Waals surface area contributed by atoms with E-state index in [0.717, 1.165) is 18.7 Å². The molecule has 0 bridgehead atoms. The van der Waals surface area contributed by atoms with Gasteiger partial charge in [0.1, 0.15) is 12.1 Å². The first-order chi connectivity index (χ1) is 16.7. The van der Waals surface area contributed by atoms with Gasteiger partial charge in [0.05, 0.1) is 6.33 Å². The summed E-state index contributed by atoms with van der Waals surface area (Å²) in [6.45, 7) is 2.18. The van der Waals surface area contributed by atoms with Gasteiger partial charge in [0.25, 0.3) is 0 Å². The van der Waals surface area contributed by atoms with Gasteiger partial charge in [-0.1, -0.05) is 0 Å². The topological polar surface area (TPSA) is 132 Å². The summed E-state index contributed by atoms with van der Waals surface area (Å²) in [6, 6.07) is 7.31. The van der Waals surface area contributed by atoms with Crippen molar-refractivity contribution >= 4 is 40.3 Å². The molecule has 3 aromatic heterocycles. The number of carbonyl (C=O) groups is 1. The Morgan fingerprint density at radius 3 is 2.82 bits per heavy atom. The maximum atomic E-state index is 12.0. The average molecular weight is 459 g/mol. The van der Waals surface area contributed by atoms with Gasteiger partial charge in [-0.3, -0.25) is 4.79 Å². The highest BCUT2D eigenvalue weighted by Gasteiger charge is 2.21. The molecule has 0 aliphatic carbocycles. The zero-order valence-corrected chi connectivity index (χ0v) is 18.1. The van der Waals surface area contributed by atoms with E-state index >= 15 is 0 Å². The minimum atomic E-state index is 0.190. The highest BCUT2D eigenvalue weighted by Crippen LogP contribution is 2.35. The number of nitrogens with one attached hydrogen (secondary N) is 2. The Kier molecular flexibility index (Phi) is 5.02. The molecule has 2 N–H and O–H groups in total. The minimum absolute atomic E-state index is 0.190. The molecule has 4 aromatic rings. The molecule has 6 rings (SSSR count). The fourth-order valence-corrected chi connectivity index (χ4v) is 4.01. The second-order valence-corrected chi connectivity index (χ2v) is 7.90. The predicted octanol–water partition coefficient (Wildman–Crippen LogP) is 2.45. The molecule has 5 heterocycles. The summed E-state index contributed by atoms with van der Waals surface area (Å²) in [5, 5.41) is 6.44. The normalized spacial score (nSPS) is 14.7. The van der Waals surface area contributed by atoms with E-state index in [1.54, 1.807) is 18.6 Å². The number of ether oxygens (including phenoxy) is 2. The third kappa shape index (κ3) is 3.89. The summed E-state index contributed by atoms with van der Waals surface area (Å²) in [5.41, 5.74) is 2.02. The number of amides is 1. The lowest BCUT2D eigenvalue weighted by Crippen LogP contribution is -2.28. The highest BCUT2D eigenvalue weighted by molar-refractivity contribution is 5.87. The Labute approximate surface area is 194 Å². The van der Waals surface area contributed by atoms with Crippen molar-refractivity contribution < 1.29 is 14.3 Å². The summed E-state index contributed by atoms with van der Waals surface area (Å²) < 4.78 is 12.8. The number of rotatable bonds is 7. The van der Waals surface area contributed by atoms with Crippen LogP contribution >= 0.6 is 0 Å². The Bertz CT molecular complexity index is 1360. The Morgan fingerprint density at radius 1 is 1.03 bits per heavy atom. The fourth-order valence-electron chi connectivity index (χ4n) is 4.01. The van der Waals surface area contributed by atoms with Crippen molar-refractivity contribution in [3.05, 3.63) is 43.1 Å². The van der Waals surface area contributed by atoms with Crippen molar-refractivity contribution in [3.63, 3.8) is 0 Å². The number of carbonyl (C=O) groups excluding carboxylic acids is 1. The zero-order valence-electron chi connectivity index (χ0n) is 18.1. The van der Waals surface area contributed by atoms with Crippen LogP contribution in [0.15, 0.2) is 43.1 Å². The number of anilines is 4. The molecule has 34 heavy (non-hydrogen) atoms. The number of hydrogen-bond acceptors (Lipinski definition) is 10. The van der Waals surface area contributed by atoms with Crippen molar-refractivity contribution in [1.82, 2.24) is 34.4 Å². The van der Waals surface area contributed by atoms with Gasteiger partial charge in [0.15, 0.2) is 28.5 Å². The van der Waals surface area contributed by atoms with Crippen LogP contribution in [0.2, 0.25) is 0 Å². The maximum Gasteiger partial charge on any atom is 0.232 e. The van der Waals surface area contributed by atoms with Crippen LogP contribution in [-0.2, 0) is 11.3 Å². The number of fused-ring (bicyclic) bond motifs is 2. The first kappa shape index (κ1) is 20.1. The molecule has 1 amide bonds. The summed E-state index contributed by atoms with van der Waals surface area (Å²) in [6.07, 6.45) is 6.33. The van der Waals surface area contributed by atoms with Gasteiger partial charge in [-0.05, 0) is 24.6 Å². The Hall–Kier alpha value is -4.48. The molecule has 2 aliphatic rings. The van der Waals surface area contributed by atoms with Crippen LogP contribution in [0, 0.1) is 0 Å². The number of nitrogens with zero attached hydrogens (tertiary/aromatic N) is 7. The van der Waals surface area contributed by atoms with Gasteiger partial charge in [-0.25, -0.2) is 15.0 Å². The van der Waals surface area contributed by atoms with Crippen LogP contribution in [0.1, 0.15) is 12.8 Å². The van der Waals surface area contributed by atoms with Crippen LogP contribution in [-0.4, -0.2) is 60.2 Å². The largest absolute Gasteiger partial charge is 0.454 e. The molecule has 0 spiro atoms. The third-order valence-electron chi connectivity index (χ3n) is 5.70. The number of benzene rings is 1. The van der Waals surface area contributed by atoms with Crippen molar-refractivity contribution in [2.24, 2.45) is 0 Å². The van der Waals surface area contributed by atoms with Crippen LogP contribution in [0.4, 0.5) is 23.3 Å². The van der Waals surface area contributed by atoms with Gasteiger partial charge in [-0.15, -0.1) is 0 Å². The monoisotopic (exact) mass is 459 g/mol. The van der Waals surface area contributed by atoms with E-state index in [0.29, 0.717) is 59.8 Å². The zero-order chi connectivity index (χ0) is 22.9. The fraction of sp³-hybridized carbons (Fsp3) is 0.273. The lowest BCUT2D eigenvalue weighted by atomic mass is 10.2. The van der Waals surface area contributed by atoms with Crippen LogP contribution in [0.3, 0.4) is 0 Å². The average Bonchev–Trinajstić information content (AvgIpc) is 3.58. The van der Waals surface area contributed by atoms with Crippen LogP contribution in [0.5, 0.6) is 11.5 Å². The van der Waals surface area contributed by atoms with E-state index in [9.17, 15) is 4.79 Å². The highest BCUT2D eigenvalue weighted by atomic mass is 16.7. The van der Waals surface area contributed by atoms with Gasteiger partial charge in [-0.2, -0.15) is 9.97 Å². The number of aromatic nitrogens is 6. The summed E-state index contributed by atoms with van der Waals surface area (Å²) in [5.74, 6) is 3.00. The molecular formula is C22H21N9O3. The van der Waals surface area contributed by atoms with E-state index in [-0.39, 0.29) is 12.7 Å². The van der Waals surface area contributed by atoms with Crippen LogP contribution < -0.4 is 20.1 Å². The van der Waals surface area contributed by atoms with Crippen molar-refractivity contribution in [2.75, 3.05) is 30.5 Å². The van der Waals surface area contributed by atoms with Crippen molar-refractivity contribution in [3.8, 4) is 11.5 Å². The second kappa shape index (κ2) is 8.46.